The van der Waals surface area contributed by atoms with Crippen molar-refractivity contribution in [1.29, 1.82) is 0 Å². The Morgan fingerprint density at radius 2 is 1.88 bits per heavy atom. The summed E-state index contributed by atoms with van der Waals surface area (Å²) in [7, 11) is 3.20. The van der Waals surface area contributed by atoms with Crippen LogP contribution in [0.1, 0.15) is 37.7 Å². The number of carbonyl (C=O) groups excluding carboxylic acids is 1. The Labute approximate surface area is 190 Å². The van der Waals surface area contributed by atoms with Gasteiger partial charge in [0, 0.05) is 44.0 Å². The minimum atomic E-state index is -0.453. The smallest absolute Gasteiger partial charge is 0.237 e. The minimum absolute atomic E-state index is 0.0294. The van der Waals surface area contributed by atoms with Gasteiger partial charge in [-0.3, -0.25) is 9.69 Å². The molecule has 0 radical (unpaired) electrons. The number of aliphatic hydroxyl groups is 1. The number of methoxy groups -OCH3 is 2. The number of aliphatic hydroxyl groups excluding tert-OH is 1. The number of carbonyl (C=O) groups is 1. The Hall–Kier alpha value is -1.87. The lowest BCUT2D eigenvalue weighted by atomic mass is 9.98. The van der Waals surface area contributed by atoms with Crippen LogP contribution >= 0.6 is 0 Å². The van der Waals surface area contributed by atoms with E-state index in [2.05, 4.69) is 15.1 Å². The summed E-state index contributed by atoms with van der Waals surface area (Å²) in [6.45, 7) is 4.77. The Morgan fingerprint density at radius 1 is 1.12 bits per heavy atom. The van der Waals surface area contributed by atoms with Crippen LogP contribution in [0.15, 0.2) is 18.2 Å². The fourth-order valence-electron chi connectivity index (χ4n) is 5.53. The number of rotatable bonds is 7. The summed E-state index contributed by atoms with van der Waals surface area (Å²) in [6, 6.07) is 6.33. The third-order valence-electron chi connectivity index (χ3n) is 7.23. The summed E-state index contributed by atoms with van der Waals surface area (Å²) in [6.07, 6.45) is 4.35. The van der Waals surface area contributed by atoms with Gasteiger partial charge in [-0.2, -0.15) is 0 Å². The highest BCUT2D eigenvalue weighted by atomic mass is 16.5. The second-order valence-electron chi connectivity index (χ2n) is 9.08. The molecule has 32 heavy (non-hydrogen) atoms. The molecule has 1 aromatic carbocycles. The first kappa shape index (κ1) is 23.3. The van der Waals surface area contributed by atoms with Crippen LogP contribution in [0, 0.1) is 0 Å². The Balaban J connectivity index is 1.34. The molecule has 2 atom stereocenters. The van der Waals surface area contributed by atoms with Crippen LogP contribution in [0.4, 0.5) is 0 Å². The van der Waals surface area contributed by atoms with Crippen LogP contribution < -0.4 is 14.8 Å². The van der Waals surface area contributed by atoms with Crippen molar-refractivity contribution in [2.24, 2.45) is 0 Å². The largest absolute Gasteiger partial charge is 0.493 e. The monoisotopic (exact) mass is 447 g/mol. The van der Waals surface area contributed by atoms with Crippen LogP contribution in [0.2, 0.25) is 0 Å². The third kappa shape index (κ3) is 5.20. The predicted molar refractivity (Wildman–Crippen MR) is 121 cm³/mol. The highest BCUT2D eigenvalue weighted by Gasteiger charge is 2.41. The van der Waals surface area contributed by atoms with E-state index < -0.39 is 6.10 Å². The third-order valence-corrected chi connectivity index (χ3v) is 7.23. The van der Waals surface area contributed by atoms with Crippen molar-refractivity contribution in [1.82, 2.24) is 15.1 Å². The number of hydrogen-bond donors (Lipinski definition) is 2. The average molecular weight is 448 g/mol. The van der Waals surface area contributed by atoms with E-state index in [1.807, 2.05) is 18.2 Å². The molecule has 1 aromatic rings. The predicted octanol–water partition coefficient (Wildman–Crippen LogP) is 1.40. The molecule has 0 aliphatic carbocycles. The SMILES string of the molecule is COc1cccc(CNC(=O)[C@@H]2C[C@@H](O)CN2C2CCN(C3CCOCC3)CC2)c1OC. The number of nitrogens with zero attached hydrogens (tertiary/aromatic N) is 2. The molecule has 0 saturated carbocycles. The van der Waals surface area contributed by atoms with Gasteiger partial charge in [0.1, 0.15) is 0 Å². The topological polar surface area (TPSA) is 83.5 Å². The first-order valence-electron chi connectivity index (χ1n) is 11.8. The van der Waals surface area contributed by atoms with E-state index >= 15 is 0 Å². The molecule has 0 bridgehead atoms. The Morgan fingerprint density at radius 3 is 2.56 bits per heavy atom. The summed E-state index contributed by atoms with van der Waals surface area (Å²) >= 11 is 0. The van der Waals surface area contributed by atoms with Gasteiger partial charge in [-0.05, 0) is 51.3 Å². The number of hydrogen-bond acceptors (Lipinski definition) is 7. The maximum atomic E-state index is 13.1. The lowest BCUT2D eigenvalue weighted by Gasteiger charge is -2.42. The normalized spacial score (nSPS) is 26.2. The molecular weight excluding hydrogens is 410 g/mol. The second-order valence-corrected chi connectivity index (χ2v) is 9.08. The number of para-hydroxylation sites is 1. The van der Waals surface area contributed by atoms with Gasteiger partial charge < -0.3 is 29.5 Å². The van der Waals surface area contributed by atoms with E-state index in [0.29, 0.717) is 43.1 Å². The molecule has 1 amide bonds. The lowest BCUT2D eigenvalue weighted by Crippen LogP contribution is -2.53. The van der Waals surface area contributed by atoms with Crippen molar-refractivity contribution in [2.75, 3.05) is 47.1 Å². The highest BCUT2D eigenvalue weighted by Crippen LogP contribution is 2.31. The zero-order valence-corrected chi connectivity index (χ0v) is 19.3. The van der Waals surface area contributed by atoms with Gasteiger partial charge in [0.2, 0.25) is 5.91 Å². The van der Waals surface area contributed by atoms with Crippen molar-refractivity contribution < 1.29 is 24.1 Å². The van der Waals surface area contributed by atoms with Gasteiger partial charge in [-0.15, -0.1) is 0 Å². The maximum Gasteiger partial charge on any atom is 0.237 e. The first-order valence-corrected chi connectivity index (χ1v) is 11.8. The van der Waals surface area contributed by atoms with Crippen LogP contribution in [-0.4, -0.2) is 92.1 Å². The van der Waals surface area contributed by atoms with E-state index in [1.165, 1.54) is 0 Å². The lowest BCUT2D eigenvalue weighted by molar-refractivity contribution is -0.126. The molecule has 3 aliphatic heterocycles. The van der Waals surface area contributed by atoms with E-state index in [-0.39, 0.29) is 11.9 Å². The minimum Gasteiger partial charge on any atom is -0.493 e. The summed E-state index contributed by atoms with van der Waals surface area (Å²) in [5.41, 5.74) is 0.870. The summed E-state index contributed by atoms with van der Waals surface area (Å²) in [5, 5.41) is 13.4. The molecule has 3 aliphatic rings. The Kier molecular flexibility index (Phi) is 7.88. The summed E-state index contributed by atoms with van der Waals surface area (Å²) in [4.78, 5) is 18.0. The molecular formula is C24H37N3O5. The second kappa shape index (κ2) is 10.8. The number of ether oxygens (including phenoxy) is 3. The number of piperidine rings is 1. The van der Waals surface area contributed by atoms with Crippen molar-refractivity contribution in [3.63, 3.8) is 0 Å². The van der Waals surface area contributed by atoms with E-state index in [1.54, 1.807) is 14.2 Å². The van der Waals surface area contributed by atoms with E-state index in [0.717, 1.165) is 57.6 Å². The molecule has 0 aromatic heterocycles. The molecule has 2 N–H and O–H groups in total. The van der Waals surface area contributed by atoms with E-state index in [4.69, 9.17) is 14.2 Å². The summed E-state index contributed by atoms with van der Waals surface area (Å²) < 4.78 is 16.3. The number of amides is 1. The van der Waals surface area contributed by atoms with Gasteiger partial charge in [-0.1, -0.05) is 12.1 Å². The number of nitrogens with one attached hydrogen (secondary N) is 1. The molecule has 3 saturated heterocycles. The van der Waals surface area contributed by atoms with Crippen molar-refractivity contribution in [2.45, 2.75) is 62.9 Å². The number of β-amino-alcohol motifs (C(OH)–C–C–N with tert-alkyl or cyclic N) is 1. The Bertz CT molecular complexity index is 762. The number of benzene rings is 1. The van der Waals surface area contributed by atoms with E-state index in [9.17, 15) is 9.90 Å². The van der Waals surface area contributed by atoms with Gasteiger partial charge in [0.15, 0.2) is 11.5 Å². The number of likely N-dealkylation sites (tertiary alicyclic amines) is 2. The molecule has 3 fully saturated rings. The average Bonchev–Trinajstić information content (AvgIpc) is 3.24. The van der Waals surface area contributed by atoms with Gasteiger partial charge in [-0.25, -0.2) is 0 Å². The zero-order chi connectivity index (χ0) is 22.5. The van der Waals surface area contributed by atoms with Gasteiger partial charge >= 0.3 is 0 Å². The van der Waals surface area contributed by atoms with Crippen molar-refractivity contribution in [3.05, 3.63) is 23.8 Å². The quantitative estimate of drug-likeness (QED) is 0.654. The van der Waals surface area contributed by atoms with Crippen LogP contribution in [0.3, 0.4) is 0 Å². The molecule has 178 valence electrons. The fourth-order valence-corrected chi connectivity index (χ4v) is 5.53. The van der Waals surface area contributed by atoms with Gasteiger partial charge in [0.05, 0.1) is 26.4 Å². The molecule has 0 unspecified atom stereocenters. The van der Waals surface area contributed by atoms with Gasteiger partial charge in [0.25, 0.3) is 0 Å². The summed E-state index contributed by atoms with van der Waals surface area (Å²) in [5.74, 6) is 1.26. The zero-order valence-electron chi connectivity index (χ0n) is 19.3. The van der Waals surface area contributed by atoms with Crippen molar-refractivity contribution in [3.8, 4) is 11.5 Å². The molecule has 4 rings (SSSR count). The van der Waals surface area contributed by atoms with Crippen LogP contribution in [0.5, 0.6) is 11.5 Å². The molecule has 8 heteroatoms. The van der Waals surface area contributed by atoms with Crippen molar-refractivity contribution >= 4 is 5.91 Å². The first-order chi connectivity index (χ1) is 15.6. The standard InChI is InChI=1S/C24H37N3O5/c1-30-22-5-3-4-17(23(22)31-2)15-25-24(29)21-14-20(28)16-27(21)19-6-10-26(11-7-19)18-8-12-32-13-9-18/h3-5,18-21,28H,6-16H2,1-2H3,(H,25,29)/t20-,21+/m1/s1. The fraction of sp³-hybridized carbons (Fsp3) is 0.708. The van der Waals surface area contributed by atoms with Crippen LogP contribution in [0.25, 0.3) is 0 Å². The molecule has 0 spiro atoms. The van der Waals surface area contributed by atoms with Crippen LogP contribution in [-0.2, 0) is 16.1 Å². The maximum absolute atomic E-state index is 13.1. The molecule has 3 heterocycles. The molecule has 8 nitrogen and oxygen atoms in total. The highest BCUT2D eigenvalue weighted by molar-refractivity contribution is 5.82.